The summed E-state index contributed by atoms with van der Waals surface area (Å²) in [7, 11) is 0. The van der Waals surface area contributed by atoms with Crippen LogP contribution in [0.4, 0.5) is 17.3 Å². The van der Waals surface area contributed by atoms with Gasteiger partial charge < -0.3 is 19.3 Å². The van der Waals surface area contributed by atoms with Gasteiger partial charge in [0.15, 0.2) is 11.0 Å². The average Bonchev–Trinajstić information content (AvgIpc) is 2.78. The third-order valence-corrected chi connectivity index (χ3v) is 5.99. The number of hydrogen-bond acceptors (Lipinski definition) is 5. The van der Waals surface area contributed by atoms with Crippen molar-refractivity contribution in [2.24, 2.45) is 0 Å². The smallest absolute Gasteiger partial charge is 0.337 e. The van der Waals surface area contributed by atoms with Gasteiger partial charge in [-0.05, 0) is 69.9 Å². The lowest BCUT2D eigenvalue weighted by Crippen LogP contribution is -2.31. The number of aryl methyl sites for hydroxylation is 1. The van der Waals surface area contributed by atoms with Crippen LogP contribution in [0.1, 0.15) is 47.7 Å². The summed E-state index contributed by atoms with van der Waals surface area (Å²) >= 11 is 0. The summed E-state index contributed by atoms with van der Waals surface area (Å²) in [6.07, 6.45) is 3.34. The van der Waals surface area contributed by atoms with E-state index in [0.717, 1.165) is 31.5 Å². The van der Waals surface area contributed by atoms with E-state index in [-0.39, 0.29) is 11.0 Å². The molecule has 0 radical (unpaired) electrons. The molecule has 4 rings (SSSR count). The number of carboxylic acid groups (broad SMARTS) is 1. The number of anilines is 3. The molecule has 6 nitrogen and oxygen atoms in total. The minimum absolute atomic E-state index is 0.0330. The summed E-state index contributed by atoms with van der Waals surface area (Å²) in [6, 6.07) is 10.7. The number of fused-ring (bicyclic) bond motifs is 1. The maximum Gasteiger partial charge on any atom is 0.337 e. The van der Waals surface area contributed by atoms with E-state index in [1.807, 2.05) is 43.9 Å². The Hall–Kier alpha value is -3.28. The number of carboxylic acids is 1. The lowest BCUT2D eigenvalue weighted by Gasteiger charge is -2.30. The van der Waals surface area contributed by atoms with Crippen LogP contribution in [-0.2, 0) is 0 Å². The van der Waals surface area contributed by atoms with E-state index in [1.165, 1.54) is 6.42 Å². The molecular weight excluding hydrogens is 392 g/mol. The van der Waals surface area contributed by atoms with Crippen LogP contribution in [0.25, 0.3) is 11.0 Å². The van der Waals surface area contributed by atoms with E-state index in [9.17, 15) is 14.7 Å². The highest BCUT2D eigenvalue weighted by molar-refractivity contribution is 5.99. The maximum atomic E-state index is 13.3. The first-order valence-electron chi connectivity index (χ1n) is 10.8. The average molecular weight is 421 g/mol. The molecule has 2 aromatic carbocycles. The Morgan fingerprint density at radius 2 is 1.81 bits per heavy atom. The summed E-state index contributed by atoms with van der Waals surface area (Å²) in [5.41, 5.74) is 3.52. The number of para-hydroxylation sites is 1. The van der Waals surface area contributed by atoms with Gasteiger partial charge in [0.1, 0.15) is 0 Å². The molecule has 1 aliphatic heterocycles. The highest BCUT2D eigenvalue weighted by Crippen LogP contribution is 2.37. The molecule has 1 N–H and O–H groups in total. The van der Waals surface area contributed by atoms with Crippen LogP contribution in [0.15, 0.2) is 45.6 Å². The molecule has 0 saturated carbocycles. The second kappa shape index (κ2) is 8.46. The van der Waals surface area contributed by atoms with Gasteiger partial charge in [0.25, 0.3) is 0 Å². The van der Waals surface area contributed by atoms with Gasteiger partial charge >= 0.3 is 5.97 Å². The predicted octanol–water partition coefficient (Wildman–Crippen LogP) is 5.26. The molecule has 1 fully saturated rings. The van der Waals surface area contributed by atoms with Gasteiger partial charge in [-0.15, -0.1) is 0 Å². The molecule has 1 aliphatic rings. The van der Waals surface area contributed by atoms with Gasteiger partial charge in [-0.3, -0.25) is 4.79 Å². The summed E-state index contributed by atoms with van der Waals surface area (Å²) in [4.78, 5) is 29.2. The Kier molecular flexibility index (Phi) is 5.72. The topological polar surface area (TPSA) is 74.0 Å². The lowest BCUT2D eigenvalue weighted by molar-refractivity contribution is 0.0697. The highest BCUT2D eigenvalue weighted by atomic mass is 16.4. The molecule has 0 bridgehead atoms. The Morgan fingerprint density at radius 3 is 2.48 bits per heavy atom. The van der Waals surface area contributed by atoms with E-state index in [2.05, 4.69) is 4.90 Å². The van der Waals surface area contributed by atoms with E-state index >= 15 is 0 Å². The van der Waals surface area contributed by atoms with Crippen molar-refractivity contribution in [3.05, 3.63) is 63.3 Å². The zero-order valence-corrected chi connectivity index (χ0v) is 18.3. The number of aromatic carboxylic acids is 1. The first kappa shape index (κ1) is 21.0. The fourth-order valence-electron chi connectivity index (χ4n) is 4.46. The normalized spacial score (nSPS) is 14.1. The van der Waals surface area contributed by atoms with Gasteiger partial charge in [-0.1, -0.05) is 12.1 Å². The van der Waals surface area contributed by atoms with Gasteiger partial charge in [-0.2, -0.15) is 0 Å². The molecule has 0 amide bonds. The predicted molar refractivity (Wildman–Crippen MR) is 124 cm³/mol. The lowest BCUT2D eigenvalue weighted by atomic mass is 10.1. The van der Waals surface area contributed by atoms with Gasteiger partial charge in [0, 0.05) is 19.6 Å². The molecule has 0 unspecified atom stereocenters. The minimum atomic E-state index is -0.989. The van der Waals surface area contributed by atoms with Crippen LogP contribution in [0.2, 0.25) is 0 Å². The summed E-state index contributed by atoms with van der Waals surface area (Å²) in [6.45, 7) is 8.00. The molecule has 1 aromatic heterocycles. The van der Waals surface area contributed by atoms with Crippen molar-refractivity contribution in [3.8, 4) is 0 Å². The molecular formula is C25H28N2O4. The van der Waals surface area contributed by atoms with Crippen LogP contribution < -0.4 is 15.2 Å². The number of benzene rings is 2. The molecule has 0 spiro atoms. The number of nitrogens with zero attached hydrogens (tertiary/aromatic N) is 2. The quantitative estimate of drug-likeness (QED) is 0.607. The highest BCUT2D eigenvalue weighted by Gasteiger charge is 2.24. The third kappa shape index (κ3) is 3.78. The van der Waals surface area contributed by atoms with Crippen LogP contribution in [0, 0.1) is 13.8 Å². The van der Waals surface area contributed by atoms with Crippen LogP contribution in [0.3, 0.4) is 0 Å². The Bertz CT molecular complexity index is 1190. The fourth-order valence-corrected chi connectivity index (χ4v) is 4.46. The second-order valence-electron chi connectivity index (χ2n) is 8.14. The molecule has 1 saturated heterocycles. The summed E-state index contributed by atoms with van der Waals surface area (Å²) in [5, 5.41) is 10.2. The standard InChI is InChI=1S/C25H28N2O4/c1-4-27(20-11-7-6-10-18(20)25(29)30)21-15-16(2)14-19-22(28)17(3)24(31-23(19)21)26-12-8-5-9-13-26/h6-7,10-11,14-15H,4-5,8-9,12-13H2,1-3H3,(H,29,30). The molecule has 31 heavy (non-hydrogen) atoms. The Labute approximate surface area is 181 Å². The third-order valence-electron chi connectivity index (χ3n) is 5.99. The molecule has 3 aromatic rings. The van der Waals surface area contributed by atoms with E-state index in [1.54, 1.807) is 18.2 Å². The van der Waals surface area contributed by atoms with Crippen molar-refractivity contribution < 1.29 is 14.3 Å². The van der Waals surface area contributed by atoms with Gasteiger partial charge in [0.2, 0.25) is 5.88 Å². The van der Waals surface area contributed by atoms with Crippen molar-refractivity contribution in [2.45, 2.75) is 40.0 Å². The largest absolute Gasteiger partial charge is 0.478 e. The Morgan fingerprint density at radius 1 is 1.10 bits per heavy atom. The van der Waals surface area contributed by atoms with Crippen molar-refractivity contribution >= 4 is 34.2 Å². The number of rotatable bonds is 5. The molecule has 162 valence electrons. The fraction of sp³-hybridized carbons (Fsp3) is 0.360. The van der Waals surface area contributed by atoms with Crippen LogP contribution >= 0.6 is 0 Å². The number of hydrogen-bond donors (Lipinski definition) is 1. The maximum absolute atomic E-state index is 13.3. The number of carbonyl (C=O) groups is 1. The second-order valence-corrected chi connectivity index (χ2v) is 8.14. The summed E-state index contributed by atoms with van der Waals surface area (Å²) < 4.78 is 6.44. The molecule has 6 heteroatoms. The molecule has 0 aliphatic carbocycles. The van der Waals surface area contributed by atoms with E-state index in [0.29, 0.717) is 40.3 Å². The van der Waals surface area contributed by atoms with Crippen LogP contribution in [-0.4, -0.2) is 30.7 Å². The van der Waals surface area contributed by atoms with E-state index < -0.39 is 5.97 Å². The number of piperidine rings is 1. The van der Waals surface area contributed by atoms with Crippen molar-refractivity contribution in [1.29, 1.82) is 0 Å². The van der Waals surface area contributed by atoms with Gasteiger partial charge in [-0.25, -0.2) is 4.79 Å². The van der Waals surface area contributed by atoms with Crippen molar-refractivity contribution in [3.63, 3.8) is 0 Å². The SMILES string of the molecule is CCN(c1ccccc1C(=O)O)c1cc(C)cc2c(=O)c(C)c(N3CCCCC3)oc12. The monoisotopic (exact) mass is 420 g/mol. The summed E-state index contributed by atoms with van der Waals surface area (Å²) in [5.74, 6) is -0.359. The first-order chi connectivity index (χ1) is 14.9. The minimum Gasteiger partial charge on any atom is -0.478 e. The van der Waals surface area contributed by atoms with Crippen molar-refractivity contribution in [2.75, 3.05) is 29.4 Å². The molecule has 0 atom stereocenters. The molecule has 2 heterocycles. The van der Waals surface area contributed by atoms with Crippen LogP contribution in [0.5, 0.6) is 0 Å². The van der Waals surface area contributed by atoms with Crippen molar-refractivity contribution in [1.82, 2.24) is 0 Å². The zero-order chi connectivity index (χ0) is 22.1. The zero-order valence-electron chi connectivity index (χ0n) is 18.3. The van der Waals surface area contributed by atoms with Gasteiger partial charge in [0.05, 0.1) is 27.9 Å². The van der Waals surface area contributed by atoms with E-state index in [4.69, 9.17) is 4.42 Å². The Balaban J connectivity index is 1.98. The first-order valence-corrected chi connectivity index (χ1v) is 10.8.